The normalized spacial score (nSPS) is 20.1. The third kappa shape index (κ3) is 3.10. The second kappa shape index (κ2) is 6.78. The van der Waals surface area contributed by atoms with Crippen LogP contribution in [0.5, 0.6) is 0 Å². The fourth-order valence-electron chi connectivity index (χ4n) is 4.33. The molecular formula is C21H23N5O. The van der Waals surface area contributed by atoms with Crippen LogP contribution in [0.15, 0.2) is 48.8 Å². The van der Waals surface area contributed by atoms with Gasteiger partial charge < -0.3 is 9.80 Å². The van der Waals surface area contributed by atoms with Crippen LogP contribution in [-0.4, -0.2) is 56.7 Å². The van der Waals surface area contributed by atoms with Gasteiger partial charge in [0.1, 0.15) is 0 Å². The number of likely N-dealkylation sites (tertiary alicyclic amines) is 1. The van der Waals surface area contributed by atoms with Crippen molar-refractivity contribution < 1.29 is 4.79 Å². The van der Waals surface area contributed by atoms with E-state index < -0.39 is 0 Å². The maximum atomic E-state index is 13.2. The SMILES string of the molecule is O=C(c1ccc2ncccc2c1)N1Cc2ccnn2[C@H](CN2CCCC2)C1. The van der Waals surface area contributed by atoms with E-state index in [1.807, 2.05) is 47.5 Å². The molecular weight excluding hydrogens is 338 g/mol. The lowest BCUT2D eigenvalue weighted by atomic mass is 10.1. The number of benzene rings is 1. The fraction of sp³-hybridized carbons (Fsp3) is 0.381. The van der Waals surface area contributed by atoms with E-state index in [9.17, 15) is 4.79 Å². The summed E-state index contributed by atoms with van der Waals surface area (Å²) < 4.78 is 2.12. The maximum Gasteiger partial charge on any atom is 0.254 e. The van der Waals surface area contributed by atoms with Crippen molar-refractivity contribution in [1.82, 2.24) is 24.6 Å². The number of pyridine rings is 1. The van der Waals surface area contributed by atoms with Crippen LogP contribution in [0.4, 0.5) is 0 Å². The molecule has 0 spiro atoms. The molecule has 1 aromatic carbocycles. The first-order valence-corrected chi connectivity index (χ1v) is 9.67. The molecule has 1 amide bonds. The van der Waals surface area contributed by atoms with Gasteiger partial charge in [-0.05, 0) is 56.3 Å². The Balaban J connectivity index is 1.41. The summed E-state index contributed by atoms with van der Waals surface area (Å²) in [5.41, 5.74) is 2.75. The van der Waals surface area contributed by atoms with Gasteiger partial charge in [-0.1, -0.05) is 6.07 Å². The predicted octanol–water partition coefficient (Wildman–Crippen LogP) is 2.72. The van der Waals surface area contributed by atoms with Gasteiger partial charge in [0, 0.05) is 36.4 Å². The third-order valence-corrected chi connectivity index (χ3v) is 5.69. The van der Waals surface area contributed by atoms with Crippen molar-refractivity contribution >= 4 is 16.8 Å². The van der Waals surface area contributed by atoms with Crippen molar-refractivity contribution in [1.29, 1.82) is 0 Å². The summed E-state index contributed by atoms with van der Waals surface area (Å²) >= 11 is 0. The molecule has 6 nitrogen and oxygen atoms in total. The molecule has 0 unspecified atom stereocenters. The Morgan fingerprint density at radius 1 is 1.11 bits per heavy atom. The molecule has 0 saturated carbocycles. The molecule has 0 aliphatic carbocycles. The van der Waals surface area contributed by atoms with Crippen molar-refractivity contribution in [3.63, 3.8) is 0 Å². The Bertz CT molecular complexity index is 975. The number of fused-ring (bicyclic) bond motifs is 2. The van der Waals surface area contributed by atoms with E-state index in [1.54, 1.807) is 6.20 Å². The highest BCUT2D eigenvalue weighted by Gasteiger charge is 2.30. The van der Waals surface area contributed by atoms with Gasteiger partial charge in [-0.3, -0.25) is 14.5 Å². The molecule has 1 fully saturated rings. The first-order valence-electron chi connectivity index (χ1n) is 9.67. The van der Waals surface area contributed by atoms with Gasteiger partial charge >= 0.3 is 0 Å². The van der Waals surface area contributed by atoms with E-state index >= 15 is 0 Å². The van der Waals surface area contributed by atoms with Crippen molar-refractivity contribution in [2.75, 3.05) is 26.2 Å². The molecule has 5 rings (SSSR count). The van der Waals surface area contributed by atoms with E-state index in [1.165, 1.54) is 12.8 Å². The van der Waals surface area contributed by atoms with Gasteiger partial charge in [0.2, 0.25) is 0 Å². The number of hydrogen-bond donors (Lipinski definition) is 0. The van der Waals surface area contributed by atoms with Crippen molar-refractivity contribution in [3.05, 3.63) is 60.0 Å². The zero-order valence-electron chi connectivity index (χ0n) is 15.3. The minimum Gasteiger partial charge on any atom is -0.331 e. The summed E-state index contributed by atoms with van der Waals surface area (Å²) in [6, 6.07) is 11.9. The molecule has 27 heavy (non-hydrogen) atoms. The quantitative estimate of drug-likeness (QED) is 0.720. The topological polar surface area (TPSA) is 54.3 Å². The second-order valence-corrected chi connectivity index (χ2v) is 7.53. The van der Waals surface area contributed by atoms with Crippen LogP contribution in [0.25, 0.3) is 10.9 Å². The number of aromatic nitrogens is 3. The lowest BCUT2D eigenvalue weighted by molar-refractivity contribution is 0.0646. The van der Waals surface area contributed by atoms with Crippen LogP contribution in [-0.2, 0) is 6.54 Å². The zero-order valence-corrected chi connectivity index (χ0v) is 15.3. The van der Waals surface area contributed by atoms with Crippen molar-refractivity contribution in [2.45, 2.75) is 25.4 Å². The van der Waals surface area contributed by atoms with E-state index in [4.69, 9.17) is 0 Å². The number of hydrogen-bond acceptors (Lipinski definition) is 4. The van der Waals surface area contributed by atoms with Crippen molar-refractivity contribution in [3.8, 4) is 0 Å². The Hall–Kier alpha value is -2.73. The van der Waals surface area contributed by atoms with Gasteiger partial charge in [0.05, 0.1) is 23.8 Å². The highest BCUT2D eigenvalue weighted by Crippen LogP contribution is 2.25. The van der Waals surface area contributed by atoms with Gasteiger partial charge in [0.25, 0.3) is 5.91 Å². The summed E-state index contributed by atoms with van der Waals surface area (Å²) in [6.45, 7) is 4.58. The van der Waals surface area contributed by atoms with Crippen LogP contribution in [0.3, 0.4) is 0 Å². The molecule has 1 saturated heterocycles. The van der Waals surface area contributed by atoms with E-state index in [2.05, 4.69) is 19.7 Å². The highest BCUT2D eigenvalue weighted by molar-refractivity contribution is 5.98. The first kappa shape index (κ1) is 16.4. The Morgan fingerprint density at radius 3 is 2.89 bits per heavy atom. The van der Waals surface area contributed by atoms with E-state index in [0.29, 0.717) is 13.1 Å². The third-order valence-electron chi connectivity index (χ3n) is 5.69. The molecule has 3 aromatic rings. The van der Waals surface area contributed by atoms with Gasteiger partial charge in [0.15, 0.2) is 0 Å². The average molecular weight is 361 g/mol. The van der Waals surface area contributed by atoms with Gasteiger partial charge in [-0.15, -0.1) is 0 Å². The standard InChI is InChI=1S/C21H23N5O/c27-21(17-5-6-20-16(12-17)4-3-8-22-20)25-14-18-7-9-23-26(18)19(15-25)13-24-10-1-2-11-24/h3-9,12,19H,1-2,10-11,13-15H2/t19-/m1/s1. The summed E-state index contributed by atoms with van der Waals surface area (Å²) in [5.74, 6) is 0.0830. The Morgan fingerprint density at radius 2 is 2.00 bits per heavy atom. The molecule has 2 aliphatic rings. The molecule has 1 atom stereocenters. The Kier molecular flexibility index (Phi) is 4.13. The van der Waals surface area contributed by atoms with E-state index in [0.717, 1.165) is 41.8 Å². The molecule has 2 aromatic heterocycles. The molecule has 0 N–H and O–H groups in total. The summed E-state index contributed by atoms with van der Waals surface area (Å²) in [4.78, 5) is 22.0. The largest absolute Gasteiger partial charge is 0.331 e. The molecule has 0 radical (unpaired) electrons. The van der Waals surface area contributed by atoms with Gasteiger partial charge in [-0.25, -0.2) is 0 Å². The molecule has 0 bridgehead atoms. The number of nitrogens with zero attached hydrogens (tertiary/aromatic N) is 5. The smallest absolute Gasteiger partial charge is 0.254 e. The van der Waals surface area contributed by atoms with Crippen molar-refractivity contribution in [2.24, 2.45) is 0 Å². The molecule has 138 valence electrons. The molecule has 4 heterocycles. The Labute approximate surface area is 158 Å². The maximum absolute atomic E-state index is 13.2. The summed E-state index contributed by atoms with van der Waals surface area (Å²) in [6.07, 6.45) is 6.17. The zero-order chi connectivity index (χ0) is 18.2. The summed E-state index contributed by atoms with van der Waals surface area (Å²) in [7, 11) is 0. The van der Waals surface area contributed by atoms with Gasteiger partial charge in [-0.2, -0.15) is 5.10 Å². The minimum atomic E-state index is 0.0830. The molecule has 6 heteroatoms. The van der Waals surface area contributed by atoms with Crippen LogP contribution >= 0.6 is 0 Å². The van der Waals surface area contributed by atoms with Crippen LogP contribution in [0.1, 0.15) is 34.9 Å². The number of carbonyl (C=O) groups is 1. The van der Waals surface area contributed by atoms with Crippen LogP contribution in [0.2, 0.25) is 0 Å². The fourth-order valence-corrected chi connectivity index (χ4v) is 4.33. The lowest BCUT2D eigenvalue weighted by Crippen LogP contribution is -2.45. The average Bonchev–Trinajstić information content (AvgIpc) is 3.38. The monoisotopic (exact) mass is 361 g/mol. The number of amides is 1. The lowest BCUT2D eigenvalue weighted by Gasteiger charge is -2.35. The predicted molar refractivity (Wildman–Crippen MR) is 103 cm³/mol. The number of rotatable bonds is 3. The number of carbonyl (C=O) groups excluding carboxylic acids is 1. The minimum absolute atomic E-state index is 0.0830. The first-order chi connectivity index (χ1) is 13.3. The van der Waals surface area contributed by atoms with Crippen LogP contribution in [0, 0.1) is 0 Å². The highest BCUT2D eigenvalue weighted by atomic mass is 16.2. The van der Waals surface area contributed by atoms with E-state index in [-0.39, 0.29) is 11.9 Å². The summed E-state index contributed by atoms with van der Waals surface area (Å²) in [5, 5.41) is 5.53. The van der Waals surface area contributed by atoms with Crippen LogP contribution < -0.4 is 0 Å². The second-order valence-electron chi connectivity index (χ2n) is 7.53. The molecule has 2 aliphatic heterocycles.